The molecule has 0 saturated carbocycles. The number of aldehydes is 3. The lowest BCUT2D eigenvalue weighted by atomic mass is 9.86. The lowest BCUT2D eigenvalue weighted by Gasteiger charge is -2.45. The molecule has 1 aromatic heterocycles. The first-order valence-electron chi connectivity index (χ1n) is 22.4. The van der Waals surface area contributed by atoms with E-state index in [0.717, 1.165) is 122 Å². The molecule has 13 nitrogen and oxygen atoms in total. The zero-order valence-corrected chi connectivity index (χ0v) is 39.7. The van der Waals surface area contributed by atoms with E-state index in [1.54, 1.807) is 0 Å². The molecule has 2 aliphatic rings. The molecule has 1 fully saturated rings. The van der Waals surface area contributed by atoms with Crippen LogP contribution in [0.5, 0.6) is 5.88 Å². The van der Waals surface area contributed by atoms with Gasteiger partial charge in [-0.05, 0) is 107 Å². The fourth-order valence-electron chi connectivity index (χ4n) is 8.84. The monoisotopic (exact) mass is 922 g/mol. The van der Waals surface area contributed by atoms with Crippen LogP contribution in [0.15, 0.2) is 78.0 Å². The molecule has 1 aliphatic carbocycles. The van der Waals surface area contributed by atoms with Crippen molar-refractivity contribution in [2.24, 2.45) is 0 Å². The van der Waals surface area contributed by atoms with Crippen molar-refractivity contribution < 1.29 is 33.4 Å². The Bertz CT molecular complexity index is 2360. The van der Waals surface area contributed by atoms with Gasteiger partial charge in [0.05, 0.1) is 7.11 Å². The van der Waals surface area contributed by atoms with Crippen molar-refractivity contribution in [1.82, 2.24) is 19.9 Å². The lowest BCUT2D eigenvalue weighted by molar-refractivity contribution is -0.110. The van der Waals surface area contributed by atoms with Crippen molar-refractivity contribution in [3.63, 3.8) is 0 Å². The minimum atomic E-state index is -0.557. The summed E-state index contributed by atoms with van der Waals surface area (Å²) in [4.78, 5) is 65.0. The molecule has 2 heterocycles. The third-order valence-electron chi connectivity index (χ3n) is 12.4. The van der Waals surface area contributed by atoms with Crippen LogP contribution in [0.4, 0.5) is 11.4 Å². The summed E-state index contributed by atoms with van der Waals surface area (Å²) in [6, 6.07) is 18.5. The molecule has 3 N–H and O–H groups in total. The Labute approximate surface area is 390 Å². The maximum Gasteiger partial charge on any atom is 0.353 e. The minimum Gasteiger partial charge on any atom is -0.469 e. The van der Waals surface area contributed by atoms with Crippen LogP contribution in [0.3, 0.4) is 0 Å². The third kappa shape index (κ3) is 12.6. The van der Waals surface area contributed by atoms with Crippen LogP contribution >= 0.6 is 23.3 Å². The second-order valence-corrected chi connectivity index (χ2v) is 19.3. The van der Waals surface area contributed by atoms with Gasteiger partial charge in [-0.2, -0.15) is 0 Å². The molecule has 3 unspecified atom stereocenters. The summed E-state index contributed by atoms with van der Waals surface area (Å²) in [5.41, 5.74) is 7.06. The van der Waals surface area contributed by atoms with Gasteiger partial charge in [0.2, 0.25) is 12.3 Å². The van der Waals surface area contributed by atoms with E-state index < -0.39 is 5.97 Å². The molecule has 1 aliphatic heterocycles. The van der Waals surface area contributed by atoms with E-state index in [2.05, 4.69) is 81.3 Å². The van der Waals surface area contributed by atoms with Crippen LogP contribution in [-0.2, 0) is 19.1 Å². The summed E-state index contributed by atoms with van der Waals surface area (Å²) in [7, 11) is 3.32. The molecular weight excluding hydrogens is 861 g/mol. The Morgan fingerprint density at radius 3 is 2.63 bits per heavy atom. The first-order valence-corrected chi connectivity index (χ1v) is 24.2. The number of carbonyl (C=O) groups excluding carboxylic acids is 5. The highest BCUT2D eigenvalue weighted by molar-refractivity contribution is 7.97. The molecule has 65 heavy (non-hydrogen) atoms. The molecule has 15 heteroatoms. The van der Waals surface area contributed by atoms with Crippen LogP contribution < -0.4 is 25.6 Å². The standard InChI is InChI=1S/C50H62N6O7S2/c1-34(10-9-25-57)55(4)44-18-17-42(43-16-8-13-38(31-59)45(43)44)36(19-22-51-33-60)20-23-52-39-14-6-11-35(28-39)32-64-56-24-21-41(30-50(56,2)3)53-40-15-7-12-37(29-40)48-54-47(63-27-26-58)46(65-48)49(61)62-5/h7-8,12-18,25-26,28-29,31,33-34,36,41,52-53H,6,9-11,19-24,27,30,32H2,1-5H3,(H,51,60). The highest BCUT2D eigenvalue weighted by Gasteiger charge is 2.35. The highest BCUT2D eigenvalue weighted by atomic mass is 32.2. The number of rotatable bonds is 25. The van der Waals surface area contributed by atoms with Crippen molar-refractivity contribution in [3.8, 4) is 16.5 Å². The predicted octanol–water partition coefficient (Wildman–Crippen LogP) is 8.75. The first kappa shape index (κ1) is 48.9. The smallest absolute Gasteiger partial charge is 0.353 e. The van der Waals surface area contributed by atoms with Crippen molar-refractivity contribution >= 4 is 76.7 Å². The number of benzene rings is 3. The van der Waals surface area contributed by atoms with Gasteiger partial charge in [-0.15, -0.1) is 11.3 Å². The molecule has 4 aromatic rings. The third-order valence-corrected chi connectivity index (χ3v) is 14.9. The van der Waals surface area contributed by atoms with E-state index in [1.807, 2.05) is 55.4 Å². The number of methoxy groups -OCH3 is 1. The van der Waals surface area contributed by atoms with Crippen molar-refractivity contribution in [2.45, 2.75) is 95.7 Å². The average Bonchev–Trinajstić information content (AvgIpc) is 3.75. The first-order chi connectivity index (χ1) is 31.5. The van der Waals surface area contributed by atoms with Gasteiger partial charge < -0.3 is 35.1 Å². The number of hydrogen-bond acceptors (Lipinski definition) is 14. The number of hydrogen-bond donors (Lipinski definition) is 3. The number of thiazole rings is 1. The van der Waals surface area contributed by atoms with E-state index in [4.69, 9.17) is 9.47 Å². The van der Waals surface area contributed by atoms with E-state index in [9.17, 15) is 24.0 Å². The number of allylic oxidation sites excluding steroid dienone is 2. The topological polar surface area (TPSA) is 159 Å². The van der Waals surface area contributed by atoms with Crippen molar-refractivity contribution in [2.75, 3.05) is 56.4 Å². The molecule has 1 amide bonds. The summed E-state index contributed by atoms with van der Waals surface area (Å²) in [6.07, 6.45) is 14.6. The van der Waals surface area contributed by atoms with Crippen molar-refractivity contribution in [1.29, 1.82) is 0 Å². The number of anilines is 2. The van der Waals surface area contributed by atoms with Crippen LogP contribution in [0.25, 0.3) is 21.3 Å². The van der Waals surface area contributed by atoms with Gasteiger partial charge in [0.1, 0.15) is 17.9 Å². The largest absolute Gasteiger partial charge is 0.469 e. The molecule has 3 atom stereocenters. The number of aromatic nitrogens is 1. The van der Waals surface area contributed by atoms with Gasteiger partial charge in [0, 0.05) is 90.1 Å². The molecule has 6 rings (SSSR count). The Kier molecular flexibility index (Phi) is 17.8. The Balaban J connectivity index is 1.05. The number of amides is 1. The van der Waals surface area contributed by atoms with Gasteiger partial charge in [0.25, 0.3) is 0 Å². The van der Waals surface area contributed by atoms with Gasteiger partial charge in [-0.3, -0.25) is 14.4 Å². The minimum absolute atomic E-state index is 0.0491. The fourth-order valence-corrected chi connectivity index (χ4v) is 11.0. The summed E-state index contributed by atoms with van der Waals surface area (Å²) < 4.78 is 12.9. The van der Waals surface area contributed by atoms with Crippen LogP contribution in [0.2, 0.25) is 0 Å². The van der Waals surface area contributed by atoms with Gasteiger partial charge >= 0.3 is 5.97 Å². The quantitative estimate of drug-likeness (QED) is 0.0251. The maximum atomic E-state index is 12.4. The molecule has 0 bridgehead atoms. The maximum absolute atomic E-state index is 12.4. The molecule has 1 saturated heterocycles. The SMILES string of the molecule is COC(=O)c1sc(-c2cccc(NC3CCN(SCC4=CC(NCCC(CCNC=O)c5ccc(N(C)C(C)CCC=O)c6c(C=O)cccc56)=CCC4)C(C)(C)C3)c2)nc1OCC=O. The number of nitrogens with zero attached hydrogens (tertiary/aromatic N) is 3. The summed E-state index contributed by atoms with van der Waals surface area (Å²) >= 11 is 3.08. The van der Waals surface area contributed by atoms with E-state index in [1.165, 1.54) is 24.0 Å². The second-order valence-electron chi connectivity index (χ2n) is 17.3. The normalized spacial score (nSPS) is 16.9. The lowest BCUT2D eigenvalue weighted by Crippen LogP contribution is -2.49. The Morgan fingerprint density at radius 1 is 1.06 bits per heavy atom. The van der Waals surface area contributed by atoms with Gasteiger partial charge in [-0.1, -0.05) is 60.0 Å². The van der Waals surface area contributed by atoms with Gasteiger partial charge in [-0.25, -0.2) is 14.1 Å². The second kappa shape index (κ2) is 23.6. The summed E-state index contributed by atoms with van der Waals surface area (Å²) in [5.74, 6) is 0.584. The van der Waals surface area contributed by atoms with E-state index in [-0.39, 0.29) is 40.9 Å². The van der Waals surface area contributed by atoms with Crippen LogP contribution in [0.1, 0.15) is 104 Å². The highest BCUT2D eigenvalue weighted by Crippen LogP contribution is 2.40. The van der Waals surface area contributed by atoms with E-state index >= 15 is 0 Å². The molecular formula is C50H62N6O7S2. The molecule has 0 radical (unpaired) electrons. The van der Waals surface area contributed by atoms with Crippen LogP contribution in [-0.4, -0.2) is 104 Å². The fraction of sp³-hybridized carbons (Fsp3) is 0.440. The average molecular weight is 923 g/mol. The predicted molar refractivity (Wildman–Crippen MR) is 262 cm³/mol. The zero-order chi connectivity index (χ0) is 46.3. The number of fused-ring (bicyclic) bond motifs is 1. The number of ether oxygens (including phenoxy) is 2. The molecule has 346 valence electrons. The van der Waals surface area contributed by atoms with E-state index in [0.29, 0.717) is 29.8 Å². The number of nitrogens with one attached hydrogen (secondary N) is 3. The Morgan fingerprint density at radius 2 is 1.88 bits per heavy atom. The Hall–Kier alpha value is -5.51. The van der Waals surface area contributed by atoms with Crippen molar-refractivity contribution in [3.05, 3.63) is 94.0 Å². The van der Waals surface area contributed by atoms with Gasteiger partial charge in [0.15, 0.2) is 17.4 Å². The molecule has 0 spiro atoms. The zero-order valence-electron chi connectivity index (χ0n) is 38.1. The summed E-state index contributed by atoms with van der Waals surface area (Å²) in [6.45, 7) is 8.75. The number of piperidine rings is 1. The number of esters is 1. The number of carbonyl (C=O) groups is 5. The van der Waals surface area contributed by atoms with Crippen LogP contribution in [0, 0.1) is 0 Å². The summed E-state index contributed by atoms with van der Waals surface area (Å²) in [5, 5.41) is 12.9. The molecule has 3 aromatic carbocycles.